The largest absolute Gasteiger partial charge is 0.465 e. The predicted octanol–water partition coefficient (Wildman–Crippen LogP) is 2.67. The minimum atomic E-state index is -3.86. The maximum Gasteiger partial charge on any atom is 0.349 e. The lowest BCUT2D eigenvalue weighted by atomic mass is 10.2. The van der Waals surface area contributed by atoms with Crippen LogP contribution in [0.2, 0.25) is 0 Å². The summed E-state index contributed by atoms with van der Waals surface area (Å²) in [6.07, 6.45) is 4.74. The number of nitrogens with zero attached hydrogens (tertiary/aromatic N) is 1. The average Bonchev–Trinajstić information content (AvgIpc) is 3.31. The van der Waals surface area contributed by atoms with E-state index < -0.39 is 16.0 Å². The smallest absolute Gasteiger partial charge is 0.349 e. The number of carbonyl (C=O) groups excluding carboxylic acids is 1. The molecular weight excluding hydrogens is 364 g/mol. The Morgan fingerprint density at radius 1 is 1.36 bits per heavy atom. The number of pyridine rings is 1. The number of nitrogens with one attached hydrogen (secondary N) is 1. The van der Waals surface area contributed by atoms with Gasteiger partial charge in [0.15, 0.2) is 0 Å². The molecule has 9 heteroatoms. The highest BCUT2D eigenvalue weighted by Crippen LogP contribution is 2.23. The number of rotatable bonds is 6. The Balaban J connectivity index is 1.78. The first-order chi connectivity index (χ1) is 12.0. The molecule has 0 aliphatic carbocycles. The van der Waals surface area contributed by atoms with Crippen molar-refractivity contribution >= 4 is 27.3 Å². The molecule has 0 radical (unpaired) electrons. The number of ether oxygens (including phenoxy) is 1. The molecule has 3 aromatic rings. The van der Waals surface area contributed by atoms with Gasteiger partial charge in [-0.2, -0.15) is 0 Å². The molecule has 0 spiro atoms. The Labute approximate surface area is 148 Å². The molecule has 3 aromatic heterocycles. The molecule has 3 heterocycles. The predicted molar refractivity (Wildman–Crippen MR) is 91.6 cm³/mol. The number of furan rings is 1. The molecule has 3 rings (SSSR count). The van der Waals surface area contributed by atoms with Crippen LogP contribution in [0.25, 0.3) is 11.3 Å². The third kappa shape index (κ3) is 3.78. The van der Waals surface area contributed by atoms with Crippen LogP contribution in [0, 0.1) is 0 Å². The summed E-state index contributed by atoms with van der Waals surface area (Å²) in [6, 6.07) is 6.70. The van der Waals surface area contributed by atoms with Gasteiger partial charge in [0.2, 0.25) is 10.0 Å². The zero-order valence-electron chi connectivity index (χ0n) is 13.1. The lowest BCUT2D eigenvalue weighted by molar-refractivity contribution is 0.0602. The second-order valence-electron chi connectivity index (χ2n) is 4.99. The van der Waals surface area contributed by atoms with E-state index in [0.29, 0.717) is 11.3 Å². The summed E-state index contributed by atoms with van der Waals surface area (Å²) in [5.41, 5.74) is 1.40. The quantitative estimate of drug-likeness (QED) is 0.662. The molecule has 0 bridgehead atoms. The van der Waals surface area contributed by atoms with Gasteiger partial charge in [0.25, 0.3) is 0 Å². The number of hydrogen-bond donors (Lipinski definition) is 1. The fourth-order valence-electron chi connectivity index (χ4n) is 2.17. The molecule has 0 saturated carbocycles. The van der Waals surface area contributed by atoms with E-state index in [9.17, 15) is 13.2 Å². The zero-order valence-corrected chi connectivity index (χ0v) is 14.8. The number of methoxy groups -OCH3 is 1. The normalized spacial score (nSPS) is 11.4. The van der Waals surface area contributed by atoms with Gasteiger partial charge < -0.3 is 9.15 Å². The van der Waals surface area contributed by atoms with Crippen LogP contribution in [0.15, 0.2) is 57.6 Å². The third-order valence-electron chi connectivity index (χ3n) is 3.36. The number of carbonyl (C=O) groups is 1. The van der Waals surface area contributed by atoms with E-state index in [1.807, 2.05) is 0 Å². The molecule has 0 unspecified atom stereocenters. The average molecular weight is 378 g/mol. The van der Waals surface area contributed by atoms with Crippen molar-refractivity contribution in [2.45, 2.75) is 11.4 Å². The van der Waals surface area contributed by atoms with E-state index in [0.717, 1.165) is 16.9 Å². The number of thiophene rings is 1. The second kappa shape index (κ2) is 7.18. The van der Waals surface area contributed by atoms with E-state index in [1.165, 1.54) is 18.6 Å². The number of hydrogen-bond acceptors (Lipinski definition) is 7. The van der Waals surface area contributed by atoms with Gasteiger partial charge in [0.1, 0.15) is 15.5 Å². The lowest BCUT2D eigenvalue weighted by Gasteiger charge is -2.08. The summed E-state index contributed by atoms with van der Waals surface area (Å²) in [7, 11) is -2.65. The van der Waals surface area contributed by atoms with Gasteiger partial charge in [0.05, 0.1) is 13.4 Å². The second-order valence-corrected chi connectivity index (χ2v) is 7.64. The van der Waals surface area contributed by atoms with E-state index in [2.05, 4.69) is 14.4 Å². The molecule has 130 valence electrons. The number of esters is 1. The Morgan fingerprint density at radius 2 is 2.20 bits per heavy atom. The molecule has 0 fully saturated rings. The molecule has 25 heavy (non-hydrogen) atoms. The van der Waals surface area contributed by atoms with Crippen LogP contribution in [-0.2, 0) is 21.3 Å². The molecule has 7 nitrogen and oxygen atoms in total. The van der Waals surface area contributed by atoms with E-state index in [1.54, 1.807) is 36.9 Å². The lowest BCUT2D eigenvalue weighted by Crippen LogP contribution is -2.24. The Bertz CT molecular complexity index is 978. The summed E-state index contributed by atoms with van der Waals surface area (Å²) >= 11 is 1.01. The van der Waals surface area contributed by atoms with Crippen molar-refractivity contribution in [3.8, 4) is 11.3 Å². The van der Waals surface area contributed by atoms with Crippen molar-refractivity contribution in [2.24, 2.45) is 0 Å². The first kappa shape index (κ1) is 17.3. The molecule has 0 saturated heterocycles. The molecule has 1 N–H and O–H groups in total. The fraction of sp³-hybridized carbons (Fsp3) is 0.125. The molecule has 0 aliphatic heterocycles. The Morgan fingerprint density at radius 3 is 2.92 bits per heavy atom. The van der Waals surface area contributed by atoms with Crippen LogP contribution in [0.1, 0.15) is 15.2 Å². The topological polar surface area (TPSA) is 98.5 Å². The van der Waals surface area contributed by atoms with Gasteiger partial charge in [-0.05, 0) is 35.2 Å². The first-order valence-electron chi connectivity index (χ1n) is 7.14. The SMILES string of the molecule is COC(=O)c1sccc1S(=O)(=O)NCc1cncc(-c2ccco2)c1. The van der Waals surface area contributed by atoms with Gasteiger partial charge in [-0.3, -0.25) is 4.98 Å². The van der Waals surface area contributed by atoms with Crippen molar-refractivity contribution in [1.29, 1.82) is 0 Å². The minimum absolute atomic E-state index is 0.0281. The highest BCUT2D eigenvalue weighted by Gasteiger charge is 2.24. The highest BCUT2D eigenvalue weighted by atomic mass is 32.2. The fourth-order valence-corrected chi connectivity index (χ4v) is 4.52. The molecule has 0 amide bonds. The monoisotopic (exact) mass is 378 g/mol. The van der Waals surface area contributed by atoms with Crippen molar-refractivity contribution in [2.75, 3.05) is 7.11 Å². The van der Waals surface area contributed by atoms with Crippen LogP contribution in [0.4, 0.5) is 0 Å². The summed E-state index contributed by atoms with van der Waals surface area (Å²) < 4.78 is 37.3. The van der Waals surface area contributed by atoms with Gasteiger partial charge in [-0.1, -0.05) is 0 Å². The van der Waals surface area contributed by atoms with Crippen LogP contribution in [-0.4, -0.2) is 26.5 Å². The maximum atomic E-state index is 12.5. The van der Waals surface area contributed by atoms with Gasteiger partial charge >= 0.3 is 5.97 Å². The van der Waals surface area contributed by atoms with Crippen LogP contribution >= 0.6 is 11.3 Å². The molecule has 0 atom stereocenters. The van der Waals surface area contributed by atoms with E-state index >= 15 is 0 Å². The van der Waals surface area contributed by atoms with Crippen LogP contribution in [0.5, 0.6) is 0 Å². The minimum Gasteiger partial charge on any atom is -0.465 e. The van der Waals surface area contributed by atoms with Gasteiger partial charge in [-0.25, -0.2) is 17.9 Å². The highest BCUT2D eigenvalue weighted by molar-refractivity contribution is 7.89. The number of aromatic nitrogens is 1. The third-order valence-corrected chi connectivity index (χ3v) is 5.82. The van der Waals surface area contributed by atoms with Crippen molar-refractivity contribution in [1.82, 2.24) is 9.71 Å². The van der Waals surface area contributed by atoms with Crippen molar-refractivity contribution < 1.29 is 22.4 Å². The van der Waals surface area contributed by atoms with E-state index in [-0.39, 0.29) is 16.3 Å². The number of sulfonamides is 1. The van der Waals surface area contributed by atoms with Crippen LogP contribution in [0.3, 0.4) is 0 Å². The standard InChI is InChI=1S/C16H14N2O5S2/c1-22-16(19)15-14(4-6-24-15)25(20,21)18-9-11-7-12(10-17-8-11)13-3-2-5-23-13/h2-8,10,18H,9H2,1H3. The van der Waals surface area contributed by atoms with E-state index in [4.69, 9.17) is 4.42 Å². The van der Waals surface area contributed by atoms with Gasteiger partial charge in [0, 0.05) is 24.5 Å². The Hall–Kier alpha value is -2.49. The van der Waals surface area contributed by atoms with Crippen molar-refractivity contribution in [3.05, 3.63) is 58.7 Å². The summed E-state index contributed by atoms with van der Waals surface area (Å²) in [5.74, 6) is -0.0418. The van der Waals surface area contributed by atoms with Gasteiger partial charge in [-0.15, -0.1) is 11.3 Å². The molecule has 0 aliphatic rings. The van der Waals surface area contributed by atoms with Crippen LogP contribution < -0.4 is 4.72 Å². The maximum absolute atomic E-state index is 12.5. The molecule has 0 aromatic carbocycles. The zero-order chi connectivity index (χ0) is 17.9. The van der Waals surface area contributed by atoms with Crippen molar-refractivity contribution in [3.63, 3.8) is 0 Å². The first-order valence-corrected chi connectivity index (χ1v) is 9.51. The Kier molecular flexibility index (Phi) is 4.98. The summed E-state index contributed by atoms with van der Waals surface area (Å²) in [5, 5.41) is 1.53. The molecular formula is C16H14N2O5S2. The summed E-state index contributed by atoms with van der Waals surface area (Å²) in [6.45, 7) is 0.0281. The summed E-state index contributed by atoms with van der Waals surface area (Å²) in [4.78, 5) is 15.7.